The van der Waals surface area contributed by atoms with Crippen LogP contribution in [0.1, 0.15) is 65.2 Å². The van der Waals surface area contributed by atoms with E-state index in [-0.39, 0.29) is 28.7 Å². The molecule has 0 amide bonds. The van der Waals surface area contributed by atoms with Crippen molar-refractivity contribution in [1.82, 2.24) is 0 Å². The van der Waals surface area contributed by atoms with Gasteiger partial charge in [-0.25, -0.2) is 13.2 Å². The lowest BCUT2D eigenvalue weighted by Gasteiger charge is -2.37. The van der Waals surface area contributed by atoms with E-state index in [0.29, 0.717) is 17.2 Å². The molecule has 2 N–H and O–H groups in total. The van der Waals surface area contributed by atoms with Crippen LogP contribution in [0.4, 0.5) is 11.4 Å². The van der Waals surface area contributed by atoms with Gasteiger partial charge in [-0.15, -0.1) is 0 Å². The van der Waals surface area contributed by atoms with Crippen LogP contribution in [0.25, 0.3) is 0 Å². The predicted molar refractivity (Wildman–Crippen MR) is 142 cm³/mol. The van der Waals surface area contributed by atoms with Crippen LogP contribution in [0.3, 0.4) is 0 Å². The van der Waals surface area contributed by atoms with Gasteiger partial charge in [0.25, 0.3) is 10.0 Å². The number of carbonyl (C=O) groups excluding carboxylic acids is 1. The first-order valence-electron chi connectivity index (χ1n) is 12.1. The van der Waals surface area contributed by atoms with Gasteiger partial charge in [0.05, 0.1) is 23.6 Å². The van der Waals surface area contributed by atoms with Crippen molar-refractivity contribution in [2.24, 2.45) is 5.92 Å². The van der Waals surface area contributed by atoms with Crippen LogP contribution < -0.4 is 10.0 Å². The summed E-state index contributed by atoms with van der Waals surface area (Å²) in [6.45, 7) is 4.21. The zero-order chi connectivity index (χ0) is 25.4. The molecule has 0 radical (unpaired) electrons. The maximum absolute atomic E-state index is 13.2. The summed E-state index contributed by atoms with van der Waals surface area (Å²) in [5, 5.41) is 3.62. The molecule has 3 aromatic carbocycles. The van der Waals surface area contributed by atoms with Gasteiger partial charge >= 0.3 is 5.97 Å². The zero-order valence-electron chi connectivity index (χ0n) is 20.6. The van der Waals surface area contributed by atoms with Crippen LogP contribution in [0.2, 0.25) is 0 Å². The largest absolute Gasteiger partial charge is 0.465 e. The number of anilines is 2. The molecule has 5 rings (SSSR count). The molecule has 0 fully saturated rings. The van der Waals surface area contributed by atoms with E-state index in [2.05, 4.69) is 36.0 Å². The van der Waals surface area contributed by atoms with E-state index in [4.69, 9.17) is 4.74 Å². The smallest absolute Gasteiger partial charge is 0.337 e. The molecule has 0 spiro atoms. The number of hydrogen-bond donors (Lipinski definition) is 2. The molecule has 36 heavy (non-hydrogen) atoms. The molecule has 0 saturated heterocycles. The van der Waals surface area contributed by atoms with Gasteiger partial charge in [0.15, 0.2) is 0 Å². The van der Waals surface area contributed by atoms with Crippen molar-refractivity contribution in [2.45, 2.75) is 43.0 Å². The van der Waals surface area contributed by atoms with Gasteiger partial charge in [-0.3, -0.25) is 4.72 Å². The highest BCUT2D eigenvalue weighted by molar-refractivity contribution is 7.92. The second-order valence-corrected chi connectivity index (χ2v) is 11.4. The van der Waals surface area contributed by atoms with E-state index in [1.54, 1.807) is 36.4 Å². The van der Waals surface area contributed by atoms with Crippen molar-refractivity contribution in [2.75, 3.05) is 17.1 Å². The van der Waals surface area contributed by atoms with Crippen LogP contribution >= 0.6 is 0 Å². The number of ether oxygens (including phenoxy) is 1. The lowest BCUT2D eigenvalue weighted by atomic mass is 9.77. The second-order valence-electron chi connectivity index (χ2n) is 9.72. The van der Waals surface area contributed by atoms with Crippen molar-refractivity contribution in [3.05, 3.63) is 101 Å². The molecule has 3 aromatic rings. The number of esters is 1. The highest BCUT2D eigenvalue weighted by Gasteiger charge is 2.38. The Kier molecular flexibility index (Phi) is 6.35. The zero-order valence-corrected chi connectivity index (χ0v) is 21.4. The summed E-state index contributed by atoms with van der Waals surface area (Å²) in [6.07, 6.45) is 5.23. The maximum Gasteiger partial charge on any atom is 0.337 e. The Bertz CT molecular complexity index is 1410. The number of allylic oxidation sites excluding steroid dienone is 2. The number of carbonyl (C=O) groups is 1. The van der Waals surface area contributed by atoms with Gasteiger partial charge < -0.3 is 10.1 Å². The van der Waals surface area contributed by atoms with Crippen LogP contribution in [-0.4, -0.2) is 21.5 Å². The quantitative estimate of drug-likeness (QED) is 0.309. The third kappa shape index (κ3) is 4.51. The molecule has 186 valence electrons. The molecule has 0 unspecified atom stereocenters. The summed E-state index contributed by atoms with van der Waals surface area (Å²) < 4.78 is 33.9. The summed E-state index contributed by atoms with van der Waals surface area (Å²) >= 11 is 0. The van der Waals surface area contributed by atoms with Crippen LogP contribution in [0.5, 0.6) is 0 Å². The first kappa shape index (κ1) is 24.1. The average Bonchev–Trinajstić information content (AvgIpc) is 3.38. The number of sulfonamides is 1. The molecule has 6 nitrogen and oxygen atoms in total. The Labute approximate surface area is 212 Å². The van der Waals surface area contributed by atoms with Crippen LogP contribution in [-0.2, 0) is 14.8 Å². The topological polar surface area (TPSA) is 84.5 Å². The van der Waals surface area contributed by atoms with Crippen molar-refractivity contribution in [3.63, 3.8) is 0 Å². The minimum absolute atomic E-state index is 0.0456. The minimum atomic E-state index is -3.74. The molecule has 1 heterocycles. The van der Waals surface area contributed by atoms with E-state index in [9.17, 15) is 13.2 Å². The molecular formula is C29H30N2O4S. The van der Waals surface area contributed by atoms with Crippen molar-refractivity contribution < 1.29 is 17.9 Å². The monoisotopic (exact) mass is 502 g/mol. The Morgan fingerprint density at radius 3 is 2.42 bits per heavy atom. The standard InChI is InChI=1S/C29H30N2O4S/c1-18(2)19-11-13-22(14-12-19)31-36(33,34)23-15-16-27-26(17-23)24-5-4-6-25(24)28(30-27)20-7-9-21(10-8-20)29(32)35-3/h4-5,7-18,24-25,28,30-31H,6H2,1-3H3/t24-,25+,28+/m0/s1. The van der Waals surface area contributed by atoms with Crippen molar-refractivity contribution in [3.8, 4) is 0 Å². The molecule has 1 aliphatic heterocycles. The number of rotatable bonds is 6. The van der Waals surface area contributed by atoms with E-state index in [1.807, 2.05) is 30.3 Å². The highest BCUT2D eigenvalue weighted by atomic mass is 32.2. The Morgan fingerprint density at radius 2 is 1.75 bits per heavy atom. The first-order valence-corrected chi connectivity index (χ1v) is 13.6. The van der Waals surface area contributed by atoms with Gasteiger partial charge in [0, 0.05) is 17.3 Å². The number of benzene rings is 3. The predicted octanol–water partition coefficient (Wildman–Crippen LogP) is 6.22. The highest BCUT2D eigenvalue weighted by Crippen LogP contribution is 2.50. The van der Waals surface area contributed by atoms with E-state index in [1.165, 1.54) is 7.11 Å². The minimum Gasteiger partial charge on any atom is -0.465 e. The third-order valence-corrected chi connectivity index (χ3v) is 8.54. The molecule has 7 heteroatoms. The molecule has 3 atom stereocenters. The number of hydrogen-bond acceptors (Lipinski definition) is 5. The summed E-state index contributed by atoms with van der Waals surface area (Å²) in [6, 6.07) is 20.3. The van der Waals surface area contributed by atoms with E-state index in [0.717, 1.165) is 28.8 Å². The van der Waals surface area contributed by atoms with Gasteiger partial charge in [0.1, 0.15) is 0 Å². The normalized spacial score (nSPS) is 20.4. The maximum atomic E-state index is 13.2. The molecule has 2 aliphatic rings. The molecule has 1 aliphatic carbocycles. The lowest BCUT2D eigenvalue weighted by Crippen LogP contribution is -2.29. The van der Waals surface area contributed by atoms with E-state index < -0.39 is 10.0 Å². The summed E-state index contributed by atoms with van der Waals surface area (Å²) in [4.78, 5) is 12.1. The molecular weight excluding hydrogens is 472 g/mol. The van der Waals surface area contributed by atoms with Gasteiger partial charge in [-0.1, -0.05) is 50.3 Å². The number of methoxy groups -OCH3 is 1. The third-order valence-electron chi connectivity index (χ3n) is 7.17. The SMILES string of the molecule is COC(=O)c1ccc([C@H]2Nc3ccc(S(=O)(=O)Nc4ccc(C(C)C)cc4)cc3[C@H]3C=CC[C@H]32)cc1. The molecule has 0 saturated carbocycles. The summed E-state index contributed by atoms with van der Waals surface area (Å²) in [7, 11) is -2.36. The summed E-state index contributed by atoms with van der Waals surface area (Å²) in [5.74, 6) is 0.371. The van der Waals surface area contributed by atoms with Crippen LogP contribution in [0.15, 0.2) is 83.8 Å². The lowest BCUT2D eigenvalue weighted by molar-refractivity contribution is 0.0600. The Morgan fingerprint density at radius 1 is 1.03 bits per heavy atom. The summed E-state index contributed by atoms with van der Waals surface area (Å²) in [5.41, 5.74) is 5.20. The van der Waals surface area contributed by atoms with Crippen LogP contribution in [0, 0.1) is 5.92 Å². The van der Waals surface area contributed by atoms with Gasteiger partial charge in [0.2, 0.25) is 0 Å². The number of nitrogens with one attached hydrogen (secondary N) is 2. The fourth-order valence-electron chi connectivity index (χ4n) is 5.16. The first-order chi connectivity index (χ1) is 17.3. The van der Waals surface area contributed by atoms with E-state index >= 15 is 0 Å². The number of fused-ring (bicyclic) bond motifs is 3. The fraction of sp³-hybridized carbons (Fsp3) is 0.276. The van der Waals surface area contributed by atoms with Gasteiger partial charge in [-0.05, 0) is 77.4 Å². The Hall–Kier alpha value is -3.58. The van der Waals surface area contributed by atoms with Gasteiger partial charge in [-0.2, -0.15) is 0 Å². The average molecular weight is 503 g/mol. The van der Waals surface area contributed by atoms with Crippen molar-refractivity contribution >= 4 is 27.4 Å². The Balaban J connectivity index is 1.41. The van der Waals surface area contributed by atoms with Crippen molar-refractivity contribution in [1.29, 1.82) is 0 Å². The molecule has 0 aromatic heterocycles. The fourth-order valence-corrected chi connectivity index (χ4v) is 6.26. The second kappa shape index (κ2) is 9.47. The molecule has 0 bridgehead atoms.